The highest BCUT2D eigenvalue weighted by Gasteiger charge is 2.30. The summed E-state index contributed by atoms with van der Waals surface area (Å²) in [6.07, 6.45) is -1.52. The number of nitrogens with one attached hydrogen (secondary N) is 3. The number of rotatable bonds is 13. The first kappa shape index (κ1) is 26.8. The summed E-state index contributed by atoms with van der Waals surface area (Å²) >= 11 is 0. The first-order valence-corrected chi connectivity index (χ1v) is 9.52. The molecule has 180 valence electrons. The molecule has 3 atom stereocenters. The lowest BCUT2D eigenvalue weighted by Crippen LogP contribution is -2.57. The van der Waals surface area contributed by atoms with Gasteiger partial charge < -0.3 is 42.7 Å². The van der Waals surface area contributed by atoms with E-state index in [0.717, 1.165) is 0 Å². The minimum Gasteiger partial charge on any atom is -0.508 e. The van der Waals surface area contributed by atoms with E-state index in [1.54, 1.807) is 0 Å². The van der Waals surface area contributed by atoms with E-state index in [9.17, 15) is 33.9 Å². The van der Waals surface area contributed by atoms with E-state index < -0.39 is 73.1 Å². The monoisotopic (exact) mass is 467 g/mol. The van der Waals surface area contributed by atoms with Crippen LogP contribution in [0.25, 0.3) is 0 Å². The lowest BCUT2D eigenvalue weighted by Gasteiger charge is -2.23. The van der Waals surface area contributed by atoms with Gasteiger partial charge in [0.1, 0.15) is 24.4 Å². The van der Waals surface area contributed by atoms with Gasteiger partial charge in [0.15, 0.2) is 0 Å². The minimum atomic E-state index is -1.65. The number of phenolic OH excluding ortho intramolecular Hbond substituents is 1. The van der Waals surface area contributed by atoms with Crippen LogP contribution in [0.3, 0.4) is 0 Å². The molecule has 0 heterocycles. The largest absolute Gasteiger partial charge is 0.508 e. The van der Waals surface area contributed by atoms with E-state index in [4.69, 9.17) is 21.7 Å². The Labute approximate surface area is 187 Å². The molecule has 0 radical (unpaired) electrons. The molecule has 0 aromatic heterocycles. The van der Waals surface area contributed by atoms with Crippen LogP contribution in [0, 0.1) is 0 Å². The van der Waals surface area contributed by atoms with Crippen molar-refractivity contribution in [2.24, 2.45) is 11.5 Å². The Morgan fingerprint density at radius 1 is 0.818 bits per heavy atom. The van der Waals surface area contributed by atoms with Gasteiger partial charge in [-0.1, -0.05) is 12.1 Å². The van der Waals surface area contributed by atoms with Crippen LogP contribution in [-0.4, -0.2) is 75.6 Å². The second-order valence-corrected chi connectivity index (χ2v) is 6.98. The van der Waals surface area contributed by atoms with Gasteiger partial charge in [-0.05, 0) is 17.7 Å². The lowest BCUT2D eigenvalue weighted by molar-refractivity contribution is -0.141. The molecule has 3 unspecified atom stereocenters. The first-order chi connectivity index (χ1) is 15.4. The summed E-state index contributed by atoms with van der Waals surface area (Å²) in [7, 11) is 0. The van der Waals surface area contributed by atoms with E-state index in [1.807, 2.05) is 5.32 Å². The molecule has 10 N–H and O–H groups in total. The van der Waals surface area contributed by atoms with Gasteiger partial charge in [0, 0.05) is 6.42 Å². The van der Waals surface area contributed by atoms with Crippen LogP contribution in [0.4, 0.5) is 0 Å². The molecular formula is C19H25N5O9. The Kier molecular flexibility index (Phi) is 10.3. The molecule has 0 saturated heterocycles. The molecule has 1 rings (SSSR count). The summed E-state index contributed by atoms with van der Waals surface area (Å²) in [5.74, 6) is -6.68. The van der Waals surface area contributed by atoms with E-state index in [1.165, 1.54) is 24.3 Å². The van der Waals surface area contributed by atoms with Crippen LogP contribution in [0.1, 0.15) is 18.4 Å². The third-order valence-corrected chi connectivity index (χ3v) is 4.19. The summed E-state index contributed by atoms with van der Waals surface area (Å²) < 4.78 is 0. The van der Waals surface area contributed by atoms with Crippen LogP contribution < -0.4 is 27.4 Å². The maximum Gasteiger partial charge on any atom is 0.322 e. The molecule has 0 fully saturated rings. The topological polar surface area (TPSA) is 251 Å². The van der Waals surface area contributed by atoms with Gasteiger partial charge >= 0.3 is 11.9 Å². The molecule has 0 spiro atoms. The molecule has 14 heteroatoms. The summed E-state index contributed by atoms with van der Waals surface area (Å²) in [4.78, 5) is 70.0. The van der Waals surface area contributed by atoms with Gasteiger partial charge in [0.2, 0.25) is 23.6 Å². The number of benzene rings is 1. The number of carbonyl (C=O) groups is 6. The van der Waals surface area contributed by atoms with Crippen LogP contribution in [0.2, 0.25) is 0 Å². The Morgan fingerprint density at radius 3 is 1.91 bits per heavy atom. The van der Waals surface area contributed by atoms with Crippen LogP contribution >= 0.6 is 0 Å². The lowest BCUT2D eigenvalue weighted by atomic mass is 10.0. The van der Waals surface area contributed by atoms with Crippen molar-refractivity contribution in [2.75, 3.05) is 6.54 Å². The highest BCUT2D eigenvalue weighted by molar-refractivity contribution is 5.96. The van der Waals surface area contributed by atoms with Gasteiger partial charge in [0.25, 0.3) is 0 Å². The number of carboxylic acids is 2. The van der Waals surface area contributed by atoms with Crippen molar-refractivity contribution in [3.63, 3.8) is 0 Å². The van der Waals surface area contributed by atoms with Gasteiger partial charge in [0.05, 0.1) is 18.9 Å². The van der Waals surface area contributed by atoms with Crippen molar-refractivity contribution in [1.82, 2.24) is 16.0 Å². The van der Waals surface area contributed by atoms with Gasteiger partial charge in [-0.25, -0.2) is 0 Å². The Bertz CT molecular complexity index is 903. The van der Waals surface area contributed by atoms with Crippen LogP contribution in [-0.2, 0) is 35.2 Å². The average molecular weight is 467 g/mol. The Hall–Kier alpha value is -4.20. The van der Waals surface area contributed by atoms with Crippen LogP contribution in [0.15, 0.2) is 24.3 Å². The predicted octanol–water partition coefficient (Wildman–Crippen LogP) is -3.22. The fourth-order valence-corrected chi connectivity index (χ4v) is 2.61. The second-order valence-electron chi connectivity index (χ2n) is 6.98. The first-order valence-electron chi connectivity index (χ1n) is 9.52. The number of hydrogen-bond donors (Lipinski definition) is 8. The molecule has 0 aliphatic carbocycles. The number of aliphatic carboxylic acids is 2. The van der Waals surface area contributed by atoms with Gasteiger partial charge in [-0.2, -0.15) is 0 Å². The van der Waals surface area contributed by atoms with Crippen molar-refractivity contribution in [1.29, 1.82) is 0 Å². The highest BCUT2D eigenvalue weighted by Crippen LogP contribution is 2.12. The van der Waals surface area contributed by atoms with E-state index in [-0.39, 0.29) is 12.2 Å². The summed E-state index contributed by atoms with van der Waals surface area (Å²) in [6, 6.07) is 1.19. The fourth-order valence-electron chi connectivity index (χ4n) is 2.61. The molecule has 1 aromatic rings. The summed E-state index contributed by atoms with van der Waals surface area (Å²) in [5.41, 5.74) is 11.1. The quantitative estimate of drug-likeness (QED) is 0.144. The number of hydrogen-bond acceptors (Lipinski definition) is 8. The zero-order valence-corrected chi connectivity index (χ0v) is 17.3. The smallest absolute Gasteiger partial charge is 0.322 e. The van der Waals surface area contributed by atoms with E-state index in [2.05, 4.69) is 10.6 Å². The average Bonchev–Trinajstić information content (AvgIpc) is 2.71. The van der Waals surface area contributed by atoms with Crippen molar-refractivity contribution in [3.05, 3.63) is 29.8 Å². The SMILES string of the molecule is NC(=O)CC(N)C(=O)NC(Cc1ccc(O)cc1)C(=O)NC(CC(=O)O)C(=O)NCC(=O)O. The molecule has 0 saturated carbocycles. The van der Waals surface area contributed by atoms with Crippen LogP contribution in [0.5, 0.6) is 5.75 Å². The third-order valence-electron chi connectivity index (χ3n) is 4.19. The van der Waals surface area contributed by atoms with Gasteiger partial charge in [-0.3, -0.25) is 28.8 Å². The molecule has 0 aliphatic rings. The zero-order chi connectivity index (χ0) is 25.1. The number of amides is 4. The number of carboxylic acid groups (broad SMARTS) is 2. The number of aromatic hydroxyl groups is 1. The zero-order valence-electron chi connectivity index (χ0n) is 17.3. The molecule has 33 heavy (non-hydrogen) atoms. The maximum atomic E-state index is 12.8. The normalized spacial score (nSPS) is 13.1. The summed E-state index contributed by atoms with van der Waals surface area (Å²) in [6.45, 7) is -0.805. The fraction of sp³-hybridized carbons (Fsp3) is 0.368. The molecule has 14 nitrogen and oxygen atoms in total. The van der Waals surface area contributed by atoms with Crippen molar-refractivity contribution < 1.29 is 44.1 Å². The number of nitrogens with two attached hydrogens (primary N) is 2. The standard InChI is InChI=1S/C19H25N5O9/c20-11(6-14(21)26)17(31)23-12(5-9-1-3-10(25)4-2-9)19(33)24-13(7-15(27)28)18(32)22-8-16(29)30/h1-4,11-13,25H,5-8,20H2,(H2,21,26)(H,22,32)(H,23,31)(H,24,33)(H,27,28)(H,29,30). The Balaban J connectivity index is 3.07. The number of carbonyl (C=O) groups excluding carboxylic acids is 4. The van der Waals surface area contributed by atoms with Gasteiger partial charge in [-0.15, -0.1) is 0 Å². The molecule has 0 bridgehead atoms. The second kappa shape index (κ2) is 12.6. The van der Waals surface area contributed by atoms with Crippen molar-refractivity contribution in [3.8, 4) is 5.75 Å². The van der Waals surface area contributed by atoms with E-state index in [0.29, 0.717) is 5.56 Å². The molecule has 4 amide bonds. The number of phenols is 1. The van der Waals surface area contributed by atoms with Crippen molar-refractivity contribution >= 4 is 35.6 Å². The Morgan fingerprint density at radius 2 is 1.39 bits per heavy atom. The summed E-state index contributed by atoms with van der Waals surface area (Å²) in [5, 5.41) is 33.5. The highest BCUT2D eigenvalue weighted by atomic mass is 16.4. The third kappa shape index (κ3) is 10.1. The molecule has 1 aromatic carbocycles. The number of primary amides is 1. The minimum absolute atomic E-state index is 0.0520. The maximum absolute atomic E-state index is 12.8. The van der Waals surface area contributed by atoms with E-state index >= 15 is 0 Å². The van der Waals surface area contributed by atoms with Crippen molar-refractivity contribution in [2.45, 2.75) is 37.4 Å². The molecule has 0 aliphatic heterocycles. The molecular weight excluding hydrogens is 442 g/mol. The predicted molar refractivity (Wildman–Crippen MR) is 110 cm³/mol.